The van der Waals surface area contributed by atoms with Gasteiger partial charge in [-0.15, -0.1) is 0 Å². The molecule has 35 heavy (non-hydrogen) atoms. The molecule has 2 atom stereocenters. The van der Waals surface area contributed by atoms with Crippen molar-refractivity contribution in [3.05, 3.63) is 55.3 Å². The number of nitrogens with zero attached hydrogens (tertiary/aromatic N) is 6. The van der Waals surface area contributed by atoms with Crippen molar-refractivity contribution in [1.82, 2.24) is 29.5 Å². The minimum absolute atomic E-state index is 0.114. The normalized spacial score (nSPS) is 16.6. The Morgan fingerprint density at radius 2 is 2.06 bits per heavy atom. The summed E-state index contributed by atoms with van der Waals surface area (Å²) in [6, 6.07) is 4.99. The van der Waals surface area contributed by atoms with Crippen LogP contribution in [0.2, 0.25) is 0 Å². The number of anilines is 4. The molecule has 1 amide bonds. The number of carbonyl (C=O) groups excluding carboxylic acids is 1. The van der Waals surface area contributed by atoms with Crippen molar-refractivity contribution in [3.63, 3.8) is 0 Å². The van der Waals surface area contributed by atoms with Crippen LogP contribution in [0.3, 0.4) is 0 Å². The van der Waals surface area contributed by atoms with Gasteiger partial charge in [0.15, 0.2) is 17.0 Å². The van der Waals surface area contributed by atoms with Gasteiger partial charge in [0.2, 0.25) is 5.91 Å². The van der Waals surface area contributed by atoms with Crippen molar-refractivity contribution in [2.45, 2.75) is 38.5 Å². The first-order valence-electron chi connectivity index (χ1n) is 11.3. The Kier molecular flexibility index (Phi) is 6.44. The summed E-state index contributed by atoms with van der Waals surface area (Å²) in [7, 11) is 0. The minimum Gasteiger partial charge on any atom is -0.358 e. The predicted molar refractivity (Wildman–Crippen MR) is 128 cm³/mol. The lowest BCUT2D eigenvalue weighted by molar-refractivity contribution is -0.116. The van der Waals surface area contributed by atoms with E-state index >= 15 is 0 Å². The molecule has 5 rings (SSSR count). The number of aromatic nitrogens is 6. The highest BCUT2D eigenvalue weighted by molar-refractivity contribution is 5.99. The average Bonchev–Trinajstić information content (AvgIpc) is 3.32. The lowest BCUT2D eigenvalue weighted by Gasteiger charge is -2.23. The predicted octanol–water partition coefficient (Wildman–Crippen LogP) is 3.64. The van der Waals surface area contributed by atoms with Crippen molar-refractivity contribution in [2.24, 2.45) is 0 Å². The van der Waals surface area contributed by atoms with Gasteiger partial charge in [0.1, 0.15) is 36.6 Å². The molecular formula is C23H24FN9O2. The summed E-state index contributed by atoms with van der Waals surface area (Å²) in [6.07, 6.45) is 8.95. The SMILES string of the molecule is CC(Nc1ncnc2c1ncn2[C@@H]1CCCCO1)C(=O)Nc1ccc(F)cc1Nc1ccncn1. The summed E-state index contributed by atoms with van der Waals surface area (Å²) < 4.78 is 21.6. The fourth-order valence-corrected chi connectivity index (χ4v) is 3.85. The molecular weight excluding hydrogens is 453 g/mol. The smallest absolute Gasteiger partial charge is 0.246 e. The third-order valence-electron chi connectivity index (χ3n) is 5.66. The number of imidazole rings is 1. The molecule has 0 saturated carbocycles. The van der Waals surface area contributed by atoms with E-state index in [4.69, 9.17) is 4.74 Å². The molecule has 1 unspecified atom stereocenters. The van der Waals surface area contributed by atoms with E-state index in [0.29, 0.717) is 40.8 Å². The summed E-state index contributed by atoms with van der Waals surface area (Å²) in [5.74, 6) is 0.106. The van der Waals surface area contributed by atoms with E-state index in [1.807, 2.05) is 4.57 Å². The van der Waals surface area contributed by atoms with E-state index in [0.717, 1.165) is 19.3 Å². The van der Waals surface area contributed by atoms with E-state index in [1.54, 1.807) is 25.5 Å². The molecule has 1 aromatic carbocycles. The molecule has 0 spiro atoms. The van der Waals surface area contributed by atoms with Crippen LogP contribution in [0.25, 0.3) is 11.2 Å². The van der Waals surface area contributed by atoms with Crippen LogP contribution < -0.4 is 16.0 Å². The molecule has 0 radical (unpaired) electrons. The van der Waals surface area contributed by atoms with Crippen molar-refractivity contribution in [1.29, 1.82) is 0 Å². The Balaban J connectivity index is 1.32. The quantitative estimate of drug-likeness (QED) is 0.365. The molecule has 1 aliphatic rings. The molecule has 4 heterocycles. The van der Waals surface area contributed by atoms with Crippen molar-refractivity contribution < 1.29 is 13.9 Å². The lowest BCUT2D eigenvalue weighted by Crippen LogP contribution is -2.32. The summed E-state index contributed by atoms with van der Waals surface area (Å²) >= 11 is 0. The van der Waals surface area contributed by atoms with Crippen LogP contribution in [0.1, 0.15) is 32.4 Å². The molecule has 1 aliphatic heterocycles. The topological polar surface area (TPSA) is 132 Å². The van der Waals surface area contributed by atoms with E-state index in [-0.39, 0.29) is 12.1 Å². The fourth-order valence-electron chi connectivity index (χ4n) is 3.85. The van der Waals surface area contributed by atoms with E-state index in [9.17, 15) is 9.18 Å². The van der Waals surface area contributed by atoms with Gasteiger partial charge >= 0.3 is 0 Å². The fraction of sp³-hybridized carbons (Fsp3) is 0.304. The van der Waals surface area contributed by atoms with Crippen LogP contribution in [-0.2, 0) is 9.53 Å². The van der Waals surface area contributed by atoms with Gasteiger partial charge in [0, 0.05) is 12.8 Å². The number of carbonyl (C=O) groups is 1. The van der Waals surface area contributed by atoms with Gasteiger partial charge in [-0.2, -0.15) is 0 Å². The van der Waals surface area contributed by atoms with Gasteiger partial charge < -0.3 is 20.7 Å². The second kappa shape index (κ2) is 9.97. The van der Waals surface area contributed by atoms with E-state index in [1.165, 1.54) is 30.9 Å². The third kappa shape index (κ3) is 5.01. The number of amides is 1. The second-order valence-electron chi connectivity index (χ2n) is 8.13. The zero-order valence-corrected chi connectivity index (χ0v) is 19.0. The number of nitrogens with one attached hydrogen (secondary N) is 3. The van der Waals surface area contributed by atoms with Crippen LogP contribution in [0.4, 0.5) is 27.4 Å². The van der Waals surface area contributed by atoms with Crippen molar-refractivity contribution in [3.8, 4) is 0 Å². The lowest BCUT2D eigenvalue weighted by atomic mass is 10.2. The number of hydrogen-bond donors (Lipinski definition) is 3. The van der Waals surface area contributed by atoms with Gasteiger partial charge in [-0.05, 0) is 50.5 Å². The zero-order valence-electron chi connectivity index (χ0n) is 19.0. The Bertz CT molecular complexity index is 1330. The van der Waals surface area contributed by atoms with Gasteiger partial charge in [-0.1, -0.05) is 0 Å². The van der Waals surface area contributed by atoms with E-state index < -0.39 is 11.9 Å². The van der Waals surface area contributed by atoms with Crippen molar-refractivity contribution >= 4 is 40.1 Å². The Morgan fingerprint density at radius 3 is 2.86 bits per heavy atom. The first-order valence-corrected chi connectivity index (χ1v) is 11.3. The molecule has 1 fully saturated rings. The number of fused-ring (bicyclic) bond motifs is 1. The van der Waals surface area contributed by atoms with Crippen LogP contribution in [0.15, 0.2) is 49.4 Å². The molecule has 4 aromatic rings. The van der Waals surface area contributed by atoms with E-state index in [2.05, 4.69) is 40.9 Å². The summed E-state index contributed by atoms with van der Waals surface area (Å²) in [6.45, 7) is 2.40. The summed E-state index contributed by atoms with van der Waals surface area (Å²) in [5, 5.41) is 8.92. The number of benzene rings is 1. The molecule has 1 saturated heterocycles. The Hall–Kier alpha value is -4.19. The Morgan fingerprint density at radius 1 is 1.14 bits per heavy atom. The monoisotopic (exact) mass is 477 g/mol. The summed E-state index contributed by atoms with van der Waals surface area (Å²) in [5.41, 5.74) is 1.95. The molecule has 12 heteroatoms. The van der Waals surface area contributed by atoms with Crippen LogP contribution >= 0.6 is 0 Å². The number of rotatable bonds is 7. The molecule has 3 aromatic heterocycles. The van der Waals surface area contributed by atoms with Gasteiger partial charge in [-0.3, -0.25) is 9.36 Å². The van der Waals surface area contributed by atoms with Gasteiger partial charge in [0.25, 0.3) is 0 Å². The first kappa shape index (κ1) is 22.6. The summed E-state index contributed by atoms with van der Waals surface area (Å²) in [4.78, 5) is 34.0. The van der Waals surface area contributed by atoms with Crippen LogP contribution in [0, 0.1) is 5.82 Å². The number of halogens is 1. The highest BCUT2D eigenvalue weighted by atomic mass is 19.1. The maximum absolute atomic E-state index is 13.9. The maximum Gasteiger partial charge on any atom is 0.246 e. The first-order chi connectivity index (χ1) is 17.1. The molecule has 180 valence electrons. The molecule has 3 N–H and O–H groups in total. The zero-order chi connectivity index (χ0) is 24.2. The highest BCUT2D eigenvalue weighted by Crippen LogP contribution is 2.28. The standard InChI is InChI=1S/C23H24FN9O2/c1-14(23(34)32-16-6-5-15(24)10-17(16)31-18-7-8-25-11-26-18)30-21-20-22(28-12-27-21)33(13-29-20)19-4-2-3-9-35-19/h5-8,10-14,19H,2-4,9H2,1H3,(H,32,34)(H,25,26,31)(H,27,28,30)/t14?,19-/m0/s1. The maximum atomic E-state index is 13.9. The van der Waals surface area contributed by atoms with Gasteiger partial charge in [-0.25, -0.2) is 29.3 Å². The molecule has 11 nitrogen and oxygen atoms in total. The average molecular weight is 478 g/mol. The largest absolute Gasteiger partial charge is 0.358 e. The van der Waals surface area contributed by atoms with Gasteiger partial charge in [0.05, 0.1) is 17.7 Å². The number of ether oxygens (including phenoxy) is 1. The molecule has 0 aliphatic carbocycles. The minimum atomic E-state index is -0.680. The third-order valence-corrected chi connectivity index (χ3v) is 5.66. The highest BCUT2D eigenvalue weighted by Gasteiger charge is 2.22. The van der Waals surface area contributed by atoms with Crippen LogP contribution in [-0.4, -0.2) is 48.0 Å². The van der Waals surface area contributed by atoms with Crippen molar-refractivity contribution in [2.75, 3.05) is 22.6 Å². The molecule has 0 bridgehead atoms. The second-order valence-corrected chi connectivity index (χ2v) is 8.13. The number of hydrogen-bond acceptors (Lipinski definition) is 9. The Labute approximate surface area is 200 Å². The van der Waals surface area contributed by atoms with Crippen LogP contribution in [0.5, 0.6) is 0 Å².